The Hall–Kier alpha value is -2.23. The highest BCUT2D eigenvalue weighted by atomic mass is 16.1. The molecule has 1 aromatic carbocycles. The van der Waals surface area contributed by atoms with Crippen LogP contribution in [0, 0.1) is 13.8 Å². The molecule has 2 rings (SSSR count). The first kappa shape index (κ1) is 12.2. The number of nitrogens with zero attached hydrogens (tertiary/aromatic N) is 3. The van der Waals surface area contributed by atoms with E-state index in [2.05, 4.69) is 23.8 Å². The van der Waals surface area contributed by atoms with Crippen LogP contribution in [0.3, 0.4) is 0 Å². The quantitative estimate of drug-likeness (QED) is 0.610. The van der Waals surface area contributed by atoms with Gasteiger partial charge in [-0.1, -0.05) is 23.4 Å². The predicted octanol–water partition coefficient (Wildman–Crippen LogP) is 2.56. The lowest BCUT2D eigenvalue weighted by molar-refractivity contribution is 0.111. The largest absolute Gasteiger partial charge is 0.296 e. The topological polar surface area (TPSA) is 47.8 Å². The van der Waals surface area contributed by atoms with Gasteiger partial charge in [-0.15, -0.1) is 11.7 Å². The van der Waals surface area contributed by atoms with Gasteiger partial charge in [0.1, 0.15) is 0 Å². The van der Waals surface area contributed by atoms with Crippen molar-refractivity contribution in [3.05, 3.63) is 47.7 Å². The zero-order chi connectivity index (χ0) is 13.1. The maximum atomic E-state index is 11.0. The van der Waals surface area contributed by atoms with Crippen molar-refractivity contribution in [3.63, 3.8) is 0 Å². The van der Waals surface area contributed by atoms with E-state index < -0.39 is 0 Å². The first-order valence-electron chi connectivity index (χ1n) is 5.74. The molecule has 0 radical (unpaired) electrons. The Bertz CT molecular complexity index is 599. The fraction of sp³-hybridized carbons (Fsp3) is 0.214. The molecule has 4 heteroatoms. The van der Waals surface area contributed by atoms with E-state index in [0.29, 0.717) is 12.2 Å². The van der Waals surface area contributed by atoms with Crippen LogP contribution in [0.4, 0.5) is 0 Å². The van der Waals surface area contributed by atoms with E-state index in [1.807, 2.05) is 25.1 Å². The maximum absolute atomic E-state index is 11.0. The van der Waals surface area contributed by atoms with Crippen LogP contribution in [-0.2, 0) is 6.54 Å². The van der Waals surface area contributed by atoms with Gasteiger partial charge in [-0.25, -0.2) is 4.68 Å². The van der Waals surface area contributed by atoms with Crippen LogP contribution in [-0.4, -0.2) is 21.3 Å². The molecule has 0 saturated heterocycles. The minimum Gasteiger partial charge on any atom is -0.296 e. The molecule has 0 aliphatic heterocycles. The van der Waals surface area contributed by atoms with Crippen LogP contribution in [0.25, 0.3) is 11.3 Å². The summed E-state index contributed by atoms with van der Waals surface area (Å²) in [7, 11) is 0. The second-order valence-corrected chi connectivity index (χ2v) is 4.21. The number of allylic oxidation sites excluding steroid dienone is 1. The number of aldehydes is 1. The van der Waals surface area contributed by atoms with E-state index in [9.17, 15) is 4.79 Å². The second-order valence-electron chi connectivity index (χ2n) is 4.21. The zero-order valence-electron chi connectivity index (χ0n) is 10.6. The Balaban J connectivity index is 2.60. The molecule has 4 nitrogen and oxygen atoms in total. The number of aromatic nitrogens is 3. The highest BCUT2D eigenvalue weighted by Crippen LogP contribution is 2.23. The molecule has 1 heterocycles. The molecule has 0 amide bonds. The Morgan fingerprint density at radius 1 is 1.33 bits per heavy atom. The summed E-state index contributed by atoms with van der Waals surface area (Å²) < 4.78 is 1.68. The zero-order valence-corrected chi connectivity index (χ0v) is 10.6. The number of hydrogen-bond acceptors (Lipinski definition) is 3. The molecule has 92 valence electrons. The highest BCUT2D eigenvalue weighted by molar-refractivity contribution is 5.83. The molecule has 0 saturated carbocycles. The van der Waals surface area contributed by atoms with Crippen molar-refractivity contribution in [2.24, 2.45) is 0 Å². The highest BCUT2D eigenvalue weighted by Gasteiger charge is 2.14. The number of hydrogen-bond donors (Lipinski definition) is 0. The Labute approximate surface area is 106 Å². The van der Waals surface area contributed by atoms with Gasteiger partial charge in [-0.05, 0) is 31.0 Å². The normalized spacial score (nSPS) is 10.3. The molecular weight excluding hydrogens is 226 g/mol. The third-order valence-corrected chi connectivity index (χ3v) is 2.96. The van der Waals surface area contributed by atoms with E-state index in [1.54, 1.807) is 10.8 Å². The first-order valence-corrected chi connectivity index (χ1v) is 5.74. The minimum atomic E-state index is 0.361. The average molecular weight is 241 g/mol. The van der Waals surface area contributed by atoms with Crippen LogP contribution in [0.15, 0.2) is 30.9 Å². The van der Waals surface area contributed by atoms with Crippen molar-refractivity contribution in [2.75, 3.05) is 0 Å². The van der Waals surface area contributed by atoms with Crippen molar-refractivity contribution < 1.29 is 4.79 Å². The third kappa shape index (κ3) is 2.09. The molecule has 0 aliphatic rings. The summed E-state index contributed by atoms with van der Waals surface area (Å²) in [6, 6.07) is 6.05. The summed E-state index contributed by atoms with van der Waals surface area (Å²) >= 11 is 0. The monoisotopic (exact) mass is 241 g/mol. The number of rotatable bonds is 4. The summed E-state index contributed by atoms with van der Waals surface area (Å²) in [6.07, 6.45) is 2.46. The molecule has 0 unspecified atom stereocenters. The summed E-state index contributed by atoms with van der Waals surface area (Å²) in [5, 5.41) is 7.85. The molecule has 0 bridgehead atoms. The van der Waals surface area contributed by atoms with Crippen molar-refractivity contribution >= 4 is 6.29 Å². The van der Waals surface area contributed by atoms with Crippen molar-refractivity contribution in [2.45, 2.75) is 20.4 Å². The van der Waals surface area contributed by atoms with Crippen molar-refractivity contribution in [3.8, 4) is 11.3 Å². The Kier molecular flexibility index (Phi) is 3.37. The Morgan fingerprint density at radius 3 is 2.72 bits per heavy atom. The second kappa shape index (κ2) is 4.96. The van der Waals surface area contributed by atoms with Crippen LogP contribution in [0.2, 0.25) is 0 Å². The fourth-order valence-corrected chi connectivity index (χ4v) is 1.84. The van der Waals surface area contributed by atoms with Gasteiger partial charge in [0.05, 0.1) is 12.2 Å². The summed E-state index contributed by atoms with van der Waals surface area (Å²) in [5.74, 6) is 0. The van der Waals surface area contributed by atoms with Gasteiger partial charge in [0.2, 0.25) is 0 Å². The molecular formula is C14H15N3O. The molecule has 1 aromatic heterocycles. The lowest BCUT2D eigenvalue weighted by Crippen LogP contribution is -2.01. The van der Waals surface area contributed by atoms with E-state index in [4.69, 9.17) is 0 Å². The molecule has 2 aromatic rings. The van der Waals surface area contributed by atoms with Gasteiger partial charge in [0.25, 0.3) is 0 Å². The summed E-state index contributed by atoms with van der Waals surface area (Å²) in [6.45, 7) is 8.31. The molecule has 0 aliphatic carbocycles. The van der Waals surface area contributed by atoms with E-state index >= 15 is 0 Å². The molecule has 18 heavy (non-hydrogen) atoms. The van der Waals surface area contributed by atoms with E-state index in [1.165, 1.54) is 11.1 Å². The summed E-state index contributed by atoms with van der Waals surface area (Å²) in [4.78, 5) is 11.0. The third-order valence-electron chi connectivity index (χ3n) is 2.96. The fourth-order valence-electron chi connectivity index (χ4n) is 1.84. The van der Waals surface area contributed by atoms with Crippen LogP contribution >= 0.6 is 0 Å². The number of carbonyl (C=O) groups excluding carboxylic acids is 1. The Morgan fingerprint density at radius 2 is 2.11 bits per heavy atom. The SMILES string of the molecule is C=CCn1nnc(C=O)c1-c1ccc(C)c(C)c1. The van der Waals surface area contributed by atoms with Gasteiger partial charge in [0.15, 0.2) is 12.0 Å². The maximum Gasteiger partial charge on any atom is 0.172 e. The van der Waals surface area contributed by atoms with Crippen molar-refractivity contribution in [1.29, 1.82) is 0 Å². The first-order chi connectivity index (χ1) is 8.67. The van der Waals surface area contributed by atoms with Crippen LogP contribution in [0.1, 0.15) is 21.6 Å². The lowest BCUT2D eigenvalue weighted by Gasteiger charge is -2.07. The number of carbonyl (C=O) groups is 1. The van der Waals surface area contributed by atoms with Gasteiger partial charge in [-0.2, -0.15) is 0 Å². The predicted molar refractivity (Wildman–Crippen MR) is 70.5 cm³/mol. The molecule has 0 N–H and O–H groups in total. The van der Waals surface area contributed by atoms with E-state index in [-0.39, 0.29) is 0 Å². The smallest absolute Gasteiger partial charge is 0.172 e. The number of aryl methyl sites for hydroxylation is 2. The lowest BCUT2D eigenvalue weighted by atomic mass is 10.0. The van der Waals surface area contributed by atoms with Crippen LogP contribution in [0.5, 0.6) is 0 Å². The van der Waals surface area contributed by atoms with Gasteiger partial charge in [-0.3, -0.25) is 4.79 Å². The molecule has 0 atom stereocenters. The molecule has 0 spiro atoms. The van der Waals surface area contributed by atoms with Gasteiger partial charge < -0.3 is 0 Å². The standard InChI is InChI=1S/C14H15N3O/c1-4-7-17-14(13(9-18)15-16-17)12-6-5-10(2)11(3)8-12/h4-6,8-9H,1,7H2,2-3H3. The summed E-state index contributed by atoms with van der Waals surface area (Å²) in [5.41, 5.74) is 4.45. The van der Waals surface area contributed by atoms with Crippen LogP contribution < -0.4 is 0 Å². The average Bonchev–Trinajstić information content (AvgIpc) is 2.76. The van der Waals surface area contributed by atoms with E-state index in [0.717, 1.165) is 17.5 Å². The molecule has 0 fully saturated rings. The minimum absolute atomic E-state index is 0.361. The van der Waals surface area contributed by atoms with Gasteiger partial charge in [0, 0.05) is 5.56 Å². The number of benzene rings is 1. The van der Waals surface area contributed by atoms with Gasteiger partial charge >= 0.3 is 0 Å². The van der Waals surface area contributed by atoms with Crippen molar-refractivity contribution in [1.82, 2.24) is 15.0 Å².